The summed E-state index contributed by atoms with van der Waals surface area (Å²) in [7, 11) is 0. The van der Waals surface area contributed by atoms with Crippen molar-refractivity contribution < 1.29 is 9.18 Å². The van der Waals surface area contributed by atoms with Gasteiger partial charge in [-0.15, -0.1) is 0 Å². The summed E-state index contributed by atoms with van der Waals surface area (Å²) in [6, 6.07) is 15.4. The lowest BCUT2D eigenvalue weighted by atomic mass is 10.1. The number of nitrogens with one attached hydrogen (secondary N) is 1. The van der Waals surface area contributed by atoms with E-state index in [4.69, 9.17) is 0 Å². The van der Waals surface area contributed by atoms with Crippen LogP contribution in [0.1, 0.15) is 24.1 Å². The van der Waals surface area contributed by atoms with Crippen molar-refractivity contribution in [3.8, 4) is 6.07 Å². The molecule has 1 amide bonds. The van der Waals surface area contributed by atoms with Crippen LogP contribution in [0.15, 0.2) is 58.6 Å². The summed E-state index contributed by atoms with van der Waals surface area (Å²) in [5.74, 6) is -0.868. The second kappa shape index (κ2) is 7.70. The fourth-order valence-corrected chi connectivity index (χ4v) is 2.41. The molecule has 0 spiro atoms. The molecule has 0 saturated heterocycles. The highest BCUT2D eigenvalue weighted by molar-refractivity contribution is 9.10. The summed E-state index contributed by atoms with van der Waals surface area (Å²) >= 11 is 3.08. The van der Waals surface area contributed by atoms with Crippen LogP contribution >= 0.6 is 15.9 Å². The number of nitrogens with zero attached hydrogens (tertiary/aromatic N) is 1. The van der Waals surface area contributed by atoms with Crippen molar-refractivity contribution in [3.05, 3.63) is 75.5 Å². The minimum absolute atomic E-state index is 0.0358. The molecule has 0 saturated carbocycles. The Morgan fingerprint density at radius 3 is 2.61 bits per heavy atom. The van der Waals surface area contributed by atoms with E-state index in [-0.39, 0.29) is 16.1 Å². The topological polar surface area (TPSA) is 52.9 Å². The van der Waals surface area contributed by atoms with Crippen LogP contribution in [0.4, 0.5) is 4.39 Å². The zero-order valence-corrected chi connectivity index (χ0v) is 14.0. The van der Waals surface area contributed by atoms with Crippen molar-refractivity contribution in [3.63, 3.8) is 0 Å². The third-order valence-corrected chi connectivity index (χ3v) is 3.87. The fraction of sp³-hybridized carbons (Fsp3) is 0.111. The molecule has 3 nitrogen and oxygen atoms in total. The van der Waals surface area contributed by atoms with Gasteiger partial charge in [0.25, 0.3) is 5.91 Å². The van der Waals surface area contributed by atoms with Crippen LogP contribution in [0.3, 0.4) is 0 Å². The lowest BCUT2D eigenvalue weighted by Crippen LogP contribution is -2.27. The molecule has 0 aromatic heterocycles. The molecule has 5 heteroatoms. The zero-order chi connectivity index (χ0) is 16.8. The van der Waals surface area contributed by atoms with Crippen molar-refractivity contribution in [2.75, 3.05) is 0 Å². The summed E-state index contributed by atoms with van der Waals surface area (Å²) in [5, 5.41) is 12.0. The van der Waals surface area contributed by atoms with E-state index in [1.54, 1.807) is 0 Å². The fourth-order valence-electron chi connectivity index (χ4n) is 2.02. The Hall–Kier alpha value is -2.45. The van der Waals surface area contributed by atoms with Gasteiger partial charge in [-0.1, -0.05) is 36.4 Å². The highest BCUT2D eigenvalue weighted by Gasteiger charge is 2.13. The van der Waals surface area contributed by atoms with E-state index >= 15 is 0 Å². The molecular weight excluding hydrogens is 359 g/mol. The highest BCUT2D eigenvalue weighted by Crippen LogP contribution is 2.19. The van der Waals surface area contributed by atoms with E-state index < -0.39 is 11.7 Å². The first-order valence-electron chi connectivity index (χ1n) is 6.94. The number of carbonyl (C=O) groups excluding carboxylic acids is 1. The summed E-state index contributed by atoms with van der Waals surface area (Å²) < 4.78 is 13.5. The maximum Gasteiger partial charge on any atom is 0.262 e. The maximum atomic E-state index is 13.2. The normalized spacial score (nSPS) is 12.3. The van der Waals surface area contributed by atoms with Crippen LogP contribution in [-0.4, -0.2) is 5.91 Å². The van der Waals surface area contributed by atoms with Gasteiger partial charge in [0.05, 0.1) is 10.5 Å². The van der Waals surface area contributed by atoms with E-state index in [1.807, 2.05) is 43.3 Å². The van der Waals surface area contributed by atoms with Gasteiger partial charge in [-0.25, -0.2) is 4.39 Å². The molecule has 0 heterocycles. The molecule has 0 radical (unpaired) electrons. The molecule has 0 unspecified atom stereocenters. The standard InChI is InChI=1S/C18H14BrFN2O/c1-12(14-5-3-2-4-6-14)22-18(23)15(11-21)9-13-7-8-17(20)16(19)10-13/h2-10,12H,1H3,(H,22,23)/b15-9+/t12-/m0/s1. The van der Waals surface area contributed by atoms with Gasteiger partial charge >= 0.3 is 0 Å². The summed E-state index contributed by atoms with van der Waals surface area (Å²) in [6.07, 6.45) is 1.43. The van der Waals surface area contributed by atoms with E-state index in [1.165, 1.54) is 24.3 Å². The summed E-state index contributed by atoms with van der Waals surface area (Å²) in [5.41, 5.74) is 1.48. The second-order valence-electron chi connectivity index (χ2n) is 4.95. The number of carbonyl (C=O) groups is 1. The van der Waals surface area contributed by atoms with Gasteiger partial charge < -0.3 is 5.32 Å². The number of rotatable bonds is 4. The molecule has 23 heavy (non-hydrogen) atoms. The monoisotopic (exact) mass is 372 g/mol. The first kappa shape index (κ1) is 16.9. The Bertz CT molecular complexity index is 781. The smallest absolute Gasteiger partial charge is 0.262 e. The number of hydrogen-bond acceptors (Lipinski definition) is 2. The predicted octanol–water partition coefficient (Wildman–Crippen LogP) is 4.37. The Morgan fingerprint density at radius 2 is 2.00 bits per heavy atom. The summed E-state index contributed by atoms with van der Waals surface area (Å²) in [6.45, 7) is 1.84. The Balaban J connectivity index is 2.17. The van der Waals surface area contributed by atoms with Crippen molar-refractivity contribution in [2.45, 2.75) is 13.0 Å². The van der Waals surface area contributed by atoms with Crippen LogP contribution in [0, 0.1) is 17.1 Å². The number of hydrogen-bond donors (Lipinski definition) is 1. The molecule has 2 aromatic rings. The lowest BCUT2D eigenvalue weighted by molar-refractivity contribution is -0.117. The van der Waals surface area contributed by atoms with Crippen LogP contribution in [0.5, 0.6) is 0 Å². The van der Waals surface area contributed by atoms with Gasteiger partial charge in [-0.2, -0.15) is 5.26 Å². The molecule has 116 valence electrons. The summed E-state index contributed by atoms with van der Waals surface area (Å²) in [4.78, 5) is 12.2. The van der Waals surface area contributed by atoms with E-state index in [0.717, 1.165) is 5.56 Å². The van der Waals surface area contributed by atoms with Crippen molar-refractivity contribution in [2.24, 2.45) is 0 Å². The quantitative estimate of drug-likeness (QED) is 0.639. The average Bonchev–Trinajstić information content (AvgIpc) is 2.56. The van der Waals surface area contributed by atoms with Crippen LogP contribution < -0.4 is 5.32 Å². The number of amides is 1. The van der Waals surface area contributed by atoms with Gasteiger partial charge in [0.1, 0.15) is 17.5 Å². The van der Waals surface area contributed by atoms with Gasteiger partial charge in [0.2, 0.25) is 0 Å². The molecule has 0 bridgehead atoms. The third kappa shape index (κ3) is 4.51. The Morgan fingerprint density at radius 1 is 1.30 bits per heavy atom. The Labute approximate surface area is 142 Å². The van der Waals surface area contributed by atoms with Crippen molar-refractivity contribution >= 4 is 27.9 Å². The molecule has 0 aliphatic carbocycles. The van der Waals surface area contributed by atoms with Gasteiger partial charge in [-0.3, -0.25) is 4.79 Å². The van der Waals surface area contributed by atoms with E-state index in [2.05, 4.69) is 21.2 Å². The second-order valence-corrected chi connectivity index (χ2v) is 5.80. The molecule has 2 rings (SSSR count). The first-order valence-corrected chi connectivity index (χ1v) is 7.73. The van der Waals surface area contributed by atoms with E-state index in [0.29, 0.717) is 5.56 Å². The van der Waals surface area contributed by atoms with Crippen LogP contribution in [-0.2, 0) is 4.79 Å². The minimum Gasteiger partial charge on any atom is -0.345 e. The van der Waals surface area contributed by atoms with Gasteiger partial charge in [0, 0.05) is 0 Å². The van der Waals surface area contributed by atoms with Crippen molar-refractivity contribution in [1.82, 2.24) is 5.32 Å². The minimum atomic E-state index is -0.468. The molecule has 2 aromatic carbocycles. The van der Waals surface area contributed by atoms with Gasteiger partial charge in [0.15, 0.2) is 0 Å². The van der Waals surface area contributed by atoms with Gasteiger partial charge in [-0.05, 0) is 52.2 Å². The number of nitriles is 1. The number of benzene rings is 2. The molecule has 0 fully saturated rings. The number of halogens is 2. The van der Waals surface area contributed by atoms with Crippen LogP contribution in [0.2, 0.25) is 0 Å². The zero-order valence-electron chi connectivity index (χ0n) is 12.4. The molecule has 0 aliphatic heterocycles. The third-order valence-electron chi connectivity index (χ3n) is 3.27. The molecular formula is C18H14BrFN2O. The van der Waals surface area contributed by atoms with E-state index in [9.17, 15) is 14.4 Å². The average molecular weight is 373 g/mol. The SMILES string of the molecule is C[C@H](NC(=O)/C(C#N)=C/c1ccc(F)c(Br)c1)c1ccccc1. The highest BCUT2D eigenvalue weighted by atomic mass is 79.9. The Kier molecular flexibility index (Phi) is 5.67. The lowest BCUT2D eigenvalue weighted by Gasteiger charge is -2.13. The largest absolute Gasteiger partial charge is 0.345 e. The van der Waals surface area contributed by atoms with Crippen LogP contribution in [0.25, 0.3) is 6.08 Å². The molecule has 1 N–H and O–H groups in total. The maximum absolute atomic E-state index is 13.2. The predicted molar refractivity (Wildman–Crippen MR) is 90.7 cm³/mol. The first-order chi connectivity index (χ1) is 11.0. The molecule has 1 atom stereocenters. The molecule has 0 aliphatic rings. The van der Waals surface area contributed by atoms with Crippen molar-refractivity contribution in [1.29, 1.82) is 5.26 Å².